The molecule has 10 heteroatoms. The van der Waals surface area contributed by atoms with Crippen molar-refractivity contribution >= 4 is 25.9 Å². The molecule has 0 spiro atoms. The van der Waals surface area contributed by atoms with E-state index in [-0.39, 0.29) is 12.9 Å². The van der Waals surface area contributed by atoms with Crippen molar-refractivity contribution in [3.63, 3.8) is 0 Å². The van der Waals surface area contributed by atoms with Gasteiger partial charge < -0.3 is 31.0 Å². The largest absolute Gasteiger partial charge is 0.671 e. The van der Waals surface area contributed by atoms with Crippen LogP contribution >= 0.6 is 0 Å². The number of rotatable bonds is 11. The van der Waals surface area contributed by atoms with E-state index in [1.165, 1.54) is 14.2 Å². The zero-order valence-corrected chi connectivity index (χ0v) is 17.1. The zero-order valence-electron chi connectivity index (χ0n) is 14.1. The average molecular weight is 357 g/mol. The molecule has 0 aromatic heterocycles. The maximum Gasteiger partial charge on any atom is 0.671 e. The van der Waals surface area contributed by atoms with Crippen molar-refractivity contribution in [2.45, 2.75) is 38.8 Å². The first kappa shape index (κ1) is 19.4. The first-order valence-corrected chi connectivity index (χ1v) is 14.8. The third-order valence-corrected chi connectivity index (χ3v) is 11.3. The van der Waals surface area contributed by atoms with Gasteiger partial charge in [0.2, 0.25) is 0 Å². The summed E-state index contributed by atoms with van der Waals surface area (Å²) in [7, 11) is -4.35. The van der Waals surface area contributed by atoms with Gasteiger partial charge >= 0.3 is 17.6 Å². The molecule has 0 N–H and O–H groups in total. The molecule has 0 bridgehead atoms. The van der Waals surface area contributed by atoms with E-state index in [4.69, 9.17) is 31.0 Å². The van der Waals surface area contributed by atoms with Crippen LogP contribution in [-0.2, 0) is 31.0 Å². The molecule has 0 amide bonds. The van der Waals surface area contributed by atoms with Gasteiger partial charge in [-0.3, -0.25) is 0 Å². The molecular formula is C11H28O7Si3. The number of epoxide rings is 1. The van der Waals surface area contributed by atoms with Gasteiger partial charge in [0.25, 0.3) is 0 Å². The second kappa shape index (κ2) is 7.77. The molecule has 1 fully saturated rings. The van der Waals surface area contributed by atoms with Crippen molar-refractivity contribution in [1.29, 1.82) is 0 Å². The van der Waals surface area contributed by atoms with Crippen LogP contribution in [0.4, 0.5) is 0 Å². The van der Waals surface area contributed by atoms with E-state index in [2.05, 4.69) is 19.6 Å². The van der Waals surface area contributed by atoms with Gasteiger partial charge in [-0.1, -0.05) is 0 Å². The lowest BCUT2D eigenvalue weighted by atomic mass is 10.5. The van der Waals surface area contributed by atoms with E-state index in [1.54, 1.807) is 0 Å². The molecule has 0 aromatic rings. The first-order chi connectivity index (χ1) is 9.61. The van der Waals surface area contributed by atoms with Gasteiger partial charge in [-0.15, -0.1) is 0 Å². The second-order valence-corrected chi connectivity index (χ2v) is 17.0. The van der Waals surface area contributed by atoms with Crippen LogP contribution in [0.2, 0.25) is 32.7 Å². The minimum Gasteiger partial charge on any atom is -0.437 e. The smallest absolute Gasteiger partial charge is 0.437 e. The molecule has 0 aliphatic carbocycles. The highest BCUT2D eigenvalue weighted by atomic mass is 28.5. The van der Waals surface area contributed by atoms with Gasteiger partial charge in [0, 0.05) is 14.2 Å². The Hall–Kier alpha value is 0.371. The fourth-order valence-corrected chi connectivity index (χ4v) is 12.2. The molecule has 7 nitrogen and oxygen atoms in total. The Morgan fingerprint density at radius 3 is 2.00 bits per heavy atom. The van der Waals surface area contributed by atoms with Gasteiger partial charge in [-0.2, -0.15) is 0 Å². The van der Waals surface area contributed by atoms with Crippen LogP contribution in [0, 0.1) is 0 Å². The minimum absolute atomic E-state index is 0.0468. The lowest BCUT2D eigenvalue weighted by Gasteiger charge is -2.36. The molecule has 0 radical (unpaired) electrons. The first-order valence-electron chi connectivity index (χ1n) is 6.95. The Balaban J connectivity index is 2.51. The summed E-state index contributed by atoms with van der Waals surface area (Å²) in [6.45, 7) is 11.6. The van der Waals surface area contributed by atoms with E-state index in [0.29, 0.717) is 6.61 Å². The molecule has 21 heavy (non-hydrogen) atoms. The van der Waals surface area contributed by atoms with E-state index in [0.717, 1.165) is 6.61 Å². The van der Waals surface area contributed by atoms with Gasteiger partial charge in [-0.25, -0.2) is 0 Å². The van der Waals surface area contributed by atoms with Crippen LogP contribution in [0.25, 0.3) is 0 Å². The van der Waals surface area contributed by atoms with Crippen molar-refractivity contribution in [2.75, 3.05) is 34.2 Å². The summed E-state index contributed by atoms with van der Waals surface area (Å²) in [6.07, 6.45) is 0.191. The standard InChI is InChI=1S/C11H28O7Si3/c1-12-21(13-2,16-10-14-8-11-9-15-11)18-20(6,7)17-19(3,4)5/h11H,8-10H2,1-7H3. The van der Waals surface area contributed by atoms with Crippen LogP contribution in [0.15, 0.2) is 0 Å². The third-order valence-electron chi connectivity index (χ3n) is 2.45. The van der Waals surface area contributed by atoms with Crippen molar-refractivity contribution in [1.82, 2.24) is 0 Å². The monoisotopic (exact) mass is 356 g/mol. The molecule has 1 aliphatic rings. The zero-order chi connectivity index (χ0) is 16.1. The van der Waals surface area contributed by atoms with Crippen molar-refractivity contribution < 1.29 is 31.0 Å². The van der Waals surface area contributed by atoms with Crippen LogP contribution in [-0.4, -0.2) is 66.3 Å². The summed E-state index contributed by atoms with van der Waals surface area (Å²) in [4.78, 5) is 0. The molecule has 0 aromatic carbocycles. The highest BCUT2D eigenvalue weighted by Gasteiger charge is 2.50. The molecule has 1 heterocycles. The van der Waals surface area contributed by atoms with E-state index in [9.17, 15) is 0 Å². The summed E-state index contributed by atoms with van der Waals surface area (Å²) in [5.41, 5.74) is 0. The number of hydrogen-bond acceptors (Lipinski definition) is 7. The van der Waals surface area contributed by atoms with Crippen LogP contribution in [0.1, 0.15) is 0 Å². The fourth-order valence-electron chi connectivity index (χ4n) is 1.83. The highest BCUT2D eigenvalue weighted by molar-refractivity contribution is 6.84. The maximum absolute atomic E-state index is 6.13. The minimum atomic E-state index is -3.24. The van der Waals surface area contributed by atoms with E-state index < -0.39 is 25.9 Å². The van der Waals surface area contributed by atoms with Crippen LogP contribution in [0.3, 0.4) is 0 Å². The molecule has 0 saturated carbocycles. The Bertz CT molecular complexity index is 313. The number of hydrogen-bond donors (Lipinski definition) is 0. The van der Waals surface area contributed by atoms with Gasteiger partial charge in [0.1, 0.15) is 12.9 Å². The lowest BCUT2D eigenvalue weighted by Crippen LogP contribution is -2.58. The molecule has 1 unspecified atom stereocenters. The average Bonchev–Trinajstić information content (AvgIpc) is 3.14. The molecule has 1 aliphatic heterocycles. The normalized spacial score (nSPS) is 19.9. The van der Waals surface area contributed by atoms with Crippen molar-refractivity contribution in [3.8, 4) is 0 Å². The number of ether oxygens (including phenoxy) is 2. The Morgan fingerprint density at radius 2 is 1.57 bits per heavy atom. The summed E-state index contributed by atoms with van der Waals surface area (Å²) in [6, 6.07) is 0. The Labute approximate surface area is 130 Å². The van der Waals surface area contributed by atoms with Crippen molar-refractivity contribution in [2.24, 2.45) is 0 Å². The second-order valence-electron chi connectivity index (χ2n) is 6.21. The quantitative estimate of drug-likeness (QED) is 0.241. The predicted molar refractivity (Wildman–Crippen MR) is 84.4 cm³/mol. The Kier molecular flexibility index (Phi) is 7.18. The van der Waals surface area contributed by atoms with E-state index in [1.807, 2.05) is 13.1 Å². The summed E-state index contributed by atoms with van der Waals surface area (Å²) in [5.74, 6) is 0. The van der Waals surface area contributed by atoms with Gasteiger partial charge in [-0.05, 0) is 32.7 Å². The summed E-state index contributed by atoms with van der Waals surface area (Å²) >= 11 is 0. The Morgan fingerprint density at radius 1 is 1.00 bits per heavy atom. The van der Waals surface area contributed by atoms with Crippen molar-refractivity contribution in [3.05, 3.63) is 0 Å². The maximum atomic E-state index is 6.13. The highest BCUT2D eigenvalue weighted by Crippen LogP contribution is 2.22. The van der Waals surface area contributed by atoms with Gasteiger partial charge in [0.15, 0.2) is 8.32 Å². The summed E-state index contributed by atoms with van der Waals surface area (Å²) < 4.78 is 39.0. The lowest BCUT2D eigenvalue weighted by molar-refractivity contribution is -0.0661. The fraction of sp³-hybridized carbons (Fsp3) is 1.00. The molecule has 1 atom stereocenters. The summed E-state index contributed by atoms with van der Waals surface area (Å²) in [5, 5.41) is 0. The third kappa shape index (κ3) is 7.97. The predicted octanol–water partition coefficient (Wildman–Crippen LogP) is 1.67. The molecule has 1 saturated heterocycles. The van der Waals surface area contributed by atoms with Gasteiger partial charge in [0.05, 0.1) is 13.2 Å². The SMILES string of the molecule is CO[Si](OC)(OCOCC1CO1)O[Si](C)(C)O[Si](C)(C)C. The molecule has 126 valence electrons. The van der Waals surface area contributed by atoms with Crippen LogP contribution < -0.4 is 0 Å². The molecular weight excluding hydrogens is 328 g/mol. The topological polar surface area (TPSA) is 67.9 Å². The van der Waals surface area contributed by atoms with E-state index >= 15 is 0 Å². The molecule has 1 rings (SSSR count). The van der Waals surface area contributed by atoms with Crippen LogP contribution in [0.5, 0.6) is 0 Å².